The van der Waals surface area contributed by atoms with Gasteiger partial charge in [0.15, 0.2) is 0 Å². The summed E-state index contributed by atoms with van der Waals surface area (Å²) in [6.45, 7) is 2.02. The van der Waals surface area contributed by atoms with Gasteiger partial charge in [-0.1, -0.05) is 59.1 Å². The molecule has 0 atom stereocenters. The van der Waals surface area contributed by atoms with E-state index in [9.17, 15) is 5.26 Å². The van der Waals surface area contributed by atoms with Crippen LogP contribution in [-0.2, 0) is 0 Å². The molecule has 0 aliphatic rings. The predicted octanol–water partition coefficient (Wildman–Crippen LogP) is 5.91. The van der Waals surface area contributed by atoms with E-state index in [0.29, 0.717) is 32.4 Å². The second kappa shape index (κ2) is 7.14. The normalized spacial score (nSPS) is 10.4. The quantitative estimate of drug-likeness (QED) is 0.576. The van der Waals surface area contributed by atoms with Gasteiger partial charge in [0.05, 0.1) is 12.8 Å². The van der Waals surface area contributed by atoms with Crippen molar-refractivity contribution in [3.05, 3.63) is 69.7 Å². The Morgan fingerprint density at radius 3 is 2.32 bits per heavy atom. The van der Waals surface area contributed by atoms with Crippen molar-refractivity contribution in [2.75, 3.05) is 7.11 Å². The van der Waals surface area contributed by atoms with Gasteiger partial charge in [0.2, 0.25) is 5.88 Å². The van der Waals surface area contributed by atoms with Crippen LogP contribution < -0.4 is 4.74 Å². The predicted molar refractivity (Wildman–Crippen MR) is 101 cm³/mol. The van der Waals surface area contributed by atoms with Crippen molar-refractivity contribution in [1.29, 1.82) is 5.26 Å². The molecule has 0 radical (unpaired) electrons. The van der Waals surface area contributed by atoms with E-state index in [1.165, 1.54) is 7.11 Å². The Morgan fingerprint density at radius 2 is 1.72 bits per heavy atom. The maximum Gasteiger partial charge on any atom is 0.232 e. The maximum atomic E-state index is 9.60. The van der Waals surface area contributed by atoms with Gasteiger partial charge in [-0.25, -0.2) is 4.98 Å². The summed E-state index contributed by atoms with van der Waals surface area (Å²) >= 11 is 12.3. The zero-order valence-corrected chi connectivity index (χ0v) is 15.2. The Hall–Kier alpha value is -2.54. The Bertz CT molecular complexity index is 976. The molecular weight excluding hydrogens is 355 g/mol. The SMILES string of the molecule is COc1nc(-c2ccc(C)cc2)cc(-c2ccc(Cl)cc2Cl)c1C#N. The Labute approximate surface area is 156 Å². The van der Waals surface area contributed by atoms with E-state index < -0.39 is 0 Å². The average Bonchev–Trinajstić information content (AvgIpc) is 2.61. The summed E-state index contributed by atoms with van der Waals surface area (Å²) in [5.41, 5.74) is 4.49. The molecule has 3 rings (SSSR count). The largest absolute Gasteiger partial charge is 0.480 e. The minimum absolute atomic E-state index is 0.265. The summed E-state index contributed by atoms with van der Waals surface area (Å²) in [6, 6.07) is 17.2. The fourth-order valence-electron chi connectivity index (χ4n) is 2.57. The van der Waals surface area contributed by atoms with Crippen LogP contribution in [0.4, 0.5) is 0 Å². The van der Waals surface area contributed by atoms with Gasteiger partial charge in [0.1, 0.15) is 11.6 Å². The van der Waals surface area contributed by atoms with Gasteiger partial charge in [-0.2, -0.15) is 5.26 Å². The van der Waals surface area contributed by atoms with Crippen LogP contribution in [0.2, 0.25) is 10.0 Å². The number of rotatable bonds is 3. The molecule has 0 bridgehead atoms. The average molecular weight is 369 g/mol. The number of aryl methyl sites for hydroxylation is 1. The molecule has 0 saturated heterocycles. The molecule has 25 heavy (non-hydrogen) atoms. The molecule has 0 unspecified atom stereocenters. The highest BCUT2D eigenvalue weighted by Crippen LogP contribution is 2.37. The minimum Gasteiger partial charge on any atom is -0.480 e. The number of pyridine rings is 1. The van der Waals surface area contributed by atoms with Crippen molar-refractivity contribution in [2.45, 2.75) is 6.92 Å². The molecular formula is C20H14Cl2N2O. The van der Waals surface area contributed by atoms with E-state index in [1.807, 2.05) is 37.3 Å². The van der Waals surface area contributed by atoms with Gasteiger partial charge in [-0.15, -0.1) is 0 Å². The van der Waals surface area contributed by atoms with Gasteiger partial charge in [0.25, 0.3) is 0 Å². The highest BCUT2D eigenvalue weighted by atomic mass is 35.5. The number of nitriles is 1. The number of aromatic nitrogens is 1. The summed E-state index contributed by atoms with van der Waals surface area (Å²) < 4.78 is 5.35. The van der Waals surface area contributed by atoms with Crippen molar-refractivity contribution >= 4 is 23.2 Å². The van der Waals surface area contributed by atoms with Gasteiger partial charge < -0.3 is 4.74 Å². The van der Waals surface area contributed by atoms with E-state index in [1.54, 1.807) is 18.2 Å². The van der Waals surface area contributed by atoms with Crippen molar-refractivity contribution in [3.8, 4) is 34.3 Å². The highest BCUT2D eigenvalue weighted by molar-refractivity contribution is 6.36. The first-order valence-corrected chi connectivity index (χ1v) is 8.30. The number of hydrogen-bond acceptors (Lipinski definition) is 3. The molecule has 3 nitrogen and oxygen atoms in total. The first-order valence-electron chi connectivity index (χ1n) is 7.55. The monoisotopic (exact) mass is 368 g/mol. The van der Waals surface area contributed by atoms with Gasteiger partial charge in [-0.05, 0) is 25.1 Å². The molecule has 1 heterocycles. The van der Waals surface area contributed by atoms with E-state index in [2.05, 4.69) is 11.1 Å². The third kappa shape index (κ3) is 3.46. The number of benzene rings is 2. The van der Waals surface area contributed by atoms with Crippen LogP contribution in [0.25, 0.3) is 22.4 Å². The topological polar surface area (TPSA) is 45.9 Å². The first kappa shape index (κ1) is 17.3. The Morgan fingerprint density at radius 1 is 1.00 bits per heavy atom. The number of nitrogens with zero attached hydrogens (tertiary/aromatic N) is 2. The summed E-state index contributed by atoms with van der Waals surface area (Å²) in [4.78, 5) is 4.48. The molecule has 0 spiro atoms. The zero-order chi connectivity index (χ0) is 18.0. The molecule has 5 heteroatoms. The van der Waals surface area contributed by atoms with Crippen LogP contribution in [-0.4, -0.2) is 12.1 Å². The molecule has 2 aromatic carbocycles. The second-order valence-electron chi connectivity index (χ2n) is 5.54. The summed E-state index contributed by atoms with van der Waals surface area (Å²) in [5, 5.41) is 10.6. The molecule has 0 fully saturated rings. The van der Waals surface area contributed by atoms with Crippen molar-refractivity contribution in [2.24, 2.45) is 0 Å². The van der Waals surface area contributed by atoms with Crippen molar-refractivity contribution < 1.29 is 4.74 Å². The van der Waals surface area contributed by atoms with Crippen LogP contribution in [0.3, 0.4) is 0 Å². The molecule has 0 N–H and O–H groups in total. The van der Waals surface area contributed by atoms with Crippen LogP contribution in [0.5, 0.6) is 5.88 Å². The number of methoxy groups -OCH3 is 1. The van der Waals surface area contributed by atoms with Gasteiger partial charge in [-0.3, -0.25) is 0 Å². The fraction of sp³-hybridized carbons (Fsp3) is 0.100. The van der Waals surface area contributed by atoms with E-state index in [0.717, 1.165) is 11.1 Å². The molecule has 3 aromatic rings. The Kier molecular flexibility index (Phi) is 4.94. The molecule has 0 aliphatic heterocycles. The van der Waals surface area contributed by atoms with Crippen LogP contribution in [0.1, 0.15) is 11.1 Å². The summed E-state index contributed by atoms with van der Waals surface area (Å²) in [5.74, 6) is 0.265. The minimum atomic E-state index is 0.265. The molecule has 124 valence electrons. The fourth-order valence-corrected chi connectivity index (χ4v) is 3.08. The highest BCUT2D eigenvalue weighted by Gasteiger charge is 2.17. The summed E-state index contributed by atoms with van der Waals surface area (Å²) in [7, 11) is 1.50. The van der Waals surface area contributed by atoms with Crippen LogP contribution in [0, 0.1) is 18.3 Å². The zero-order valence-electron chi connectivity index (χ0n) is 13.7. The van der Waals surface area contributed by atoms with Crippen LogP contribution in [0.15, 0.2) is 48.5 Å². The van der Waals surface area contributed by atoms with Crippen molar-refractivity contribution in [3.63, 3.8) is 0 Å². The third-order valence-corrected chi connectivity index (χ3v) is 4.41. The number of halogens is 2. The Balaban J connectivity index is 2.27. The standard InChI is InChI=1S/C20H14Cl2N2O/c1-12-3-5-13(6-4-12)19-10-16(17(11-23)20(24-19)25-2)15-8-7-14(21)9-18(15)22/h3-10H,1-2H3. The molecule has 0 amide bonds. The summed E-state index contributed by atoms with van der Waals surface area (Å²) in [6.07, 6.45) is 0. The molecule has 1 aromatic heterocycles. The number of ether oxygens (including phenoxy) is 1. The number of hydrogen-bond donors (Lipinski definition) is 0. The lowest BCUT2D eigenvalue weighted by molar-refractivity contribution is 0.397. The lowest BCUT2D eigenvalue weighted by Gasteiger charge is -2.13. The van der Waals surface area contributed by atoms with Crippen molar-refractivity contribution in [1.82, 2.24) is 4.98 Å². The molecule has 0 aliphatic carbocycles. The van der Waals surface area contributed by atoms with Crippen LogP contribution >= 0.6 is 23.2 Å². The van der Waals surface area contributed by atoms with E-state index in [-0.39, 0.29) is 5.88 Å². The van der Waals surface area contributed by atoms with E-state index in [4.69, 9.17) is 27.9 Å². The third-order valence-electron chi connectivity index (χ3n) is 3.86. The lowest BCUT2D eigenvalue weighted by atomic mass is 9.98. The lowest BCUT2D eigenvalue weighted by Crippen LogP contribution is -1.98. The van der Waals surface area contributed by atoms with E-state index >= 15 is 0 Å². The maximum absolute atomic E-state index is 9.60. The first-order chi connectivity index (χ1) is 12.0. The second-order valence-corrected chi connectivity index (χ2v) is 6.38. The van der Waals surface area contributed by atoms with Gasteiger partial charge >= 0.3 is 0 Å². The smallest absolute Gasteiger partial charge is 0.232 e. The van der Waals surface area contributed by atoms with Gasteiger partial charge in [0, 0.05) is 26.7 Å². The molecule has 0 saturated carbocycles.